The summed E-state index contributed by atoms with van der Waals surface area (Å²) in [5.74, 6) is 0.141. The Morgan fingerprint density at radius 1 is 1.06 bits per heavy atom. The number of hydrogen-bond acceptors (Lipinski definition) is 3. The van der Waals surface area contributed by atoms with E-state index < -0.39 is 0 Å². The number of amides is 2. The predicted molar refractivity (Wildman–Crippen MR) is 129 cm³/mol. The maximum absolute atomic E-state index is 12.8. The topological polar surface area (TPSA) is 76.0 Å². The van der Waals surface area contributed by atoms with Crippen LogP contribution in [0.2, 0.25) is 5.02 Å². The summed E-state index contributed by atoms with van der Waals surface area (Å²) in [5.41, 5.74) is 5.60. The van der Waals surface area contributed by atoms with Gasteiger partial charge in [0.25, 0.3) is 5.91 Å². The molecular weight excluding hydrogens is 424 g/mol. The second kappa shape index (κ2) is 10.0. The number of hydrogen-bond donors (Lipinski definition) is 2. The molecule has 0 bridgehead atoms. The summed E-state index contributed by atoms with van der Waals surface area (Å²) in [6, 6.07) is 12.7. The number of rotatable bonds is 7. The van der Waals surface area contributed by atoms with Crippen LogP contribution in [0.15, 0.2) is 42.5 Å². The molecule has 3 rings (SSSR count). The molecule has 0 atom stereocenters. The minimum absolute atomic E-state index is 0.111. The first kappa shape index (κ1) is 23.5. The van der Waals surface area contributed by atoms with Crippen molar-refractivity contribution < 1.29 is 9.59 Å². The van der Waals surface area contributed by atoms with Crippen molar-refractivity contribution in [1.82, 2.24) is 15.1 Å². The highest BCUT2D eigenvalue weighted by molar-refractivity contribution is 6.30. The van der Waals surface area contributed by atoms with E-state index in [1.165, 1.54) is 0 Å². The number of carbonyl (C=O) groups is 2. The van der Waals surface area contributed by atoms with E-state index >= 15 is 0 Å². The molecule has 0 saturated carbocycles. The summed E-state index contributed by atoms with van der Waals surface area (Å²) >= 11 is 5.98. The number of aryl methyl sites for hydroxylation is 2. The Bertz CT molecular complexity index is 1130. The van der Waals surface area contributed by atoms with Crippen LogP contribution in [0.25, 0.3) is 5.69 Å². The van der Waals surface area contributed by atoms with Gasteiger partial charge in [0.2, 0.25) is 5.91 Å². The third kappa shape index (κ3) is 5.56. The van der Waals surface area contributed by atoms with Crippen LogP contribution in [0.4, 0.5) is 5.69 Å². The number of nitrogens with zero attached hydrogens (tertiary/aromatic N) is 2. The van der Waals surface area contributed by atoms with Gasteiger partial charge in [-0.3, -0.25) is 9.59 Å². The van der Waals surface area contributed by atoms with Gasteiger partial charge in [-0.05, 0) is 74.7 Å². The minimum atomic E-state index is -0.132. The molecule has 7 heteroatoms. The largest absolute Gasteiger partial charge is 0.352 e. The van der Waals surface area contributed by atoms with Crippen LogP contribution < -0.4 is 10.6 Å². The van der Waals surface area contributed by atoms with E-state index in [9.17, 15) is 9.59 Å². The van der Waals surface area contributed by atoms with E-state index in [2.05, 4.69) is 15.7 Å². The minimum Gasteiger partial charge on any atom is -0.352 e. The summed E-state index contributed by atoms with van der Waals surface area (Å²) in [6.45, 7) is 10.5. The highest BCUT2D eigenvalue weighted by Crippen LogP contribution is 2.22. The Morgan fingerprint density at radius 2 is 1.75 bits per heavy atom. The Labute approximate surface area is 194 Å². The van der Waals surface area contributed by atoms with Gasteiger partial charge in [-0.1, -0.05) is 25.4 Å². The van der Waals surface area contributed by atoms with Crippen LogP contribution in [-0.2, 0) is 11.2 Å². The van der Waals surface area contributed by atoms with Crippen LogP contribution in [0.1, 0.15) is 46.7 Å². The first-order chi connectivity index (χ1) is 15.2. The van der Waals surface area contributed by atoms with E-state index in [4.69, 9.17) is 11.6 Å². The van der Waals surface area contributed by atoms with Crippen molar-refractivity contribution in [2.75, 3.05) is 11.9 Å². The number of anilines is 1. The third-order valence-corrected chi connectivity index (χ3v) is 5.54. The molecule has 3 aromatic rings. The lowest BCUT2D eigenvalue weighted by atomic mass is 10.1. The van der Waals surface area contributed by atoms with E-state index in [1.807, 2.05) is 63.6 Å². The molecule has 1 aromatic heterocycles. The zero-order valence-electron chi connectivity index (χ0n) is 19.1. The van der Waals surface area contributed by atoms with Gasteiger partial charge in [0.15, 0.2) is 0 Å². The molecule has 2 amide bonds. The number of carbonyl (C=O) groups excluding carboxylic acids is 2. The molecule has 0 aliphatic heterocycles. The Hall–Kier alpha value is -3.12. The molecule has 0 aliphatic carbocycles. The molecule has 0 spiro atoms. The van der Waals surface area contributed by atoms with Gasteiger partial charge in [-0.25, -0.2) is 4.68 Å². The first-order valence-electron chi connectivity index (χ1n) is 10.7. The predicted octanol–water partition coefficient (Wildman–Crippen LogP) is 5.02. The highest BCUT2D eigenvalue weighted by Gasteiger charge is 2.17. The van der Waals surface area contributed by atoms with Crippen LogP contribution in [0.5, 0.6) is 0 Å². The van der Waals surface area contributed by atoms with Crippen LogP contribution in [0, 0.1) is 26.7 Å². The zero-order chi connectivity index (χ0) is 23.4. The van der Waals surface area contributed by atoms with Crippen LogP contribution >= 0.6 is 11.6 Å². The van der Waals surface area contributed by atoms with Crippen LogP contribution in [0.3, 0.4) is 0 Å². The van der Waals surface area contributed by atoms with Gasteiger partial charge < -0.3 is 10.6 Å². The van der Waals surface area contributed by atoms with Gasteiger partial charge >= 0.3 is 0 Å². The van der Waals surface area contributed by atoms with Gasteiger partial charge in [0.1, 0.15) is 0 Å². The van der Waals surface area contributed by atoms with E-state index in [0.29, 0.717) is 28.7 Å². The van der Waals surface area contributed by atoms with Crippen molar-refractivity contribution in [3.05, 3.63) is 75.6 Å². The van der Waals surface area contributed by atoms with E-state index in [0.717, 1.165) is 28.2 Å². The standard InChI is InChI=1S/C25H29ClN4O2/c1-15(2)14-27-25(32)19-6-11-23(16(3)12-19)28-24(31)13-22-17(4)29-30(18(22)5)21-9-7-20(26)8-10-21/h6-12,15H,13-14H2,1-5H3,(H,27,32)(H,28,31). The normalized spacial score (nSPS) is 11.0. The van der Waals surface area contributed by atoms with E-state index in [1.54, 1.807) is 18.2 Å². The molecular formula is C25H29ClN4O2. The quantitative estimate of drug-likeness (QED) is 0.528. The Morgan fingerprint density at radius 3 is 2.38 bits per heavy atom. The van der Waals surface area contributed by atoms with Crippen molar-refractivity contribution in [3.63, 3.8) is 0 Å². The van der Waals surface area contributed by atoms with Gasteiger partial charge in [0.05, 0.1) is 17.8 Å². The smallest absolute Gasteiger partial charge is 0.251 e. The van der Waals surface area contributed by atoms with Crippen molar-refractivity contribution in [2.24, 2.45) is 5.92 Å². The molecule has 168 valence electrons. The fourth-order valence-corrected chi connectivity index (χ4v) is 3.59. The average molecular weight is 453 g/mol. The third-order valence-electron chi connectivity index (χ3n) is 5.28. The fourth-order valence-electron chi connectivity index (χ4n) is 3.46. The molecule has 2 aromatic carbocycles. The molecule has 6 nitrogen and oxygen atoms in total. The summed E-state index contributed by atoms with van der Waals surface area (Å²) in [6.07, 6.45) is 0.210. The van der Waals surface area contributed by atoms with Crippen molar-refractivity contribution in [2.45, 2.75) is 41.0 Å². The van der Waals surface area contributed by atoms with Crippen LogP contribution in [-0.4, -0.2) is 28.1 Å². The summed E-state index contributed by atoms with van der Waals surface area (Å²) < 4.78 is 1.82. The lowest BCUT2D eigenvalue weighted by Crippen LogP contribution is -2.27. The second-order valence-electron chi connectivity index (χ2n) is 8.40. The Kier molecular flexibility index (Phi) is 7.36. The van der Waals surface area contributed by atoms with Crippen molar-refractivity contribution in [1.29, 1.82) is 0 Å². The number of halogens is 1. The summed E-state index contributed by atoms with van der Waals surface area (Å²) in [7, 11) is 0. The van der Waals surface area contributed by atoms with Gasteiger partial charge in [-0.15, -0.1) is 0 Å². The van der Waals surface area contributed by atoms with Gasteiger partial charge in [-0.2, -0.15) is 5.10 Å². The molecule has 0 unspecified atom stereocenters. The maximum Gasteiger partial charge on any atom is 0.251 e. The number of benzene rings is 2. The SMILES string of the molecule is Cc1cc(C(=O)NCC(C)C)ccc1NC(=O)Cc1c(C)nn(-c2ccc(Cl)cc2)c1C. The first-order valence-corrected chi connectivity index (χ1v) is 11.0. The monoisotopic (exact) mass is 452 g/mol. The molecule has 32 heavy (non-hydrogen) atoms. The van der Waals surface area contributed by atoms with Crippen molar-refractivity contribution in [3.8, 4) is 5.69 Å². The summed E-state index contributed by atoms with van der Waals surface area (Å²) in [4.78, 5) is 25.1. The molecule has 0 saturated heterocycles. The molecule has 1 heterocycles. The molecule has 0 aliphatic rings. The zero-order valence-corrected chi connectivity index (χ0v) is 19.9. The highest BCUT2D eigenvalue weighted by atomic mass is 35.5. The average Bonchev–Trinajstić information content (AvgIpc) is 3.02. The number of aromatic nitrogens is 2. The van der Waals surface area contributed by atoms with Crippen molar-refractivity contribution >= 4 is 29.1 Å². The lowest BCUT2D eigenvalue weighted by molar-refractivity contribution is -0.115. The molecule has 2 N–H and O–H groups in total. The Balaban J connectivity index is 1.71. The lowest BCUT2D eigenvalue weighted by Gasteiger charge is -2.12. The number of nitrogens with one attached hydrogen (secondary N) is 2. The van der Waals surface area contributed by atoms with Gasteiger partial charge in [0, 0.05) is 34.1 Å². The molecule has 0 fully saturated rings. The second-order valence-corrected chi connectivity index (χ2v) is 8.83. The fraction of sp³-hybridized carbons (Fsp3) is 0.320. The molecule has 0 radical (unpaired) electrons. The van der Waals surface area contributed by atoms with E-state index in [-0.39, 0.29) is 18.2 Å². The summed E-state index contributed by atoms with van der Waals surface area (Å²) in [5, 5.41) is 11.1. The maximum atomic E-state index is 12.8.